The number of thioether (sulfide) groups is 1. The zero-order valence-electron chi connectivity index (χ0n) is 12.9. The molecule has 0 bridgehead atoms. The van der Waals surface area contributed by atoms with Gasteiger partial charge in [-0.05, 0) is 37.5 Å². The van der Waals surface area contributed by atoms with Gasteiger partial charge in [0.2, 0.25) is 5.91 Å². The van der Waals surface area contributed by atoms with Gasteiger partial charge >= 0.3 is 6.18 Å². The third kappa shape index (κ3) is 7.40. The first-order chi connectivity index (χ1) is 10.7. The van der Waals surface area contributed by atoms with Crippen LogP contribution in [0.3, 0.4) is 0 Å². The fraction of sp³-hybridized carbons (Fsp3) is 0.467. The standard InChI is InChI=1S/C15H19F3N2O2S/c1-10-4-3-5-11(8-10)13(21)20-12(6-7-23-2)14(22)19-9-15(16,17)18/h3-5,8,12H,6-7,9H2,1-2H3,(H,19,22)(H,20,21). The van der Waals surface area contributed by atoms with Crippen molar-refractivity contribution in [2.75, 3.05) is 18.6 Å². The van der Waals surface area contributed by atoms with Crippen LogP contribution in [0.1, 0.15) is 22.3 Å². The third-order valence-corrected chi connectivity index (χ3v) is 3.62. The van der Waals surface area contributed by atoms with Crippen LogP contribution in [0.15, 0.2) is 24.3 Å². The van der Waals surface area contributed by atoms with E-state index in [1.165, 1.54) is 11.8 Å². The van der Waals surface area contributed by atoms with Crippen molar-refractivity contribution in [2.24, 2.45) is 0 Å². The van der Waals surface area contributed by atoms with Crippen molar-refractivity contribution in [1.29, 1.82) is 0 Å². The first-order valence-corrected chi connectivity index (χ1v) is 8.33. The molecule has 0 spiro atoms. The average Bonchev–Trinajstić information content (AvgIpc) is 2.48. The topological polar surface area (TPSA) is 58.2 Å². The molecule has 2 amide bonds. The summed E-state index contributed by atoms with van der Waals surface area (Å²) in [5.74, 6) is -0.780. The molecule has 1 aromatic carbocycles. The number of alkyl halides is 3. The molecule has 8 heteroatoms. The van der Waals surface area contributed by atoms with Gasteiger partial charge in [0, 0.05) is 5.56 Å². The maximum Gasteiger partial charge on any atom is 0.405 e. The summed E-state index contributed by atoms with van der Waals surface area (Å²) in [6.07, 6.45) is -2.42. The van der Waals surface area contributed by atoms with Gasteiger partial charge in [0.15, 0.2) is 0 Å². The minimum Gasteiger partial charge on any atom is -0.345 e. The Hall–Kier alpha value is -1.70. The van der Waals surface area contributed by atoms with Crippen LogP contribution in [-0.4, -0.2) is 42.6 Å². The Labute approximate surface area is 137 Å². The Morgan fingerprint density at radius 2 is 2.00 bits per heavy atom. The number of nitrogens with one attached hydrogen (secondary N) is 2. The maximum absolute atomic E-state index is 12.2. The van der Waals surface area contributed by atoms with E-state index < -0.39 is 30.6 Å². The van der Waals surface area contributed by atoms with Crippen molar-refractivity contribution in [3.05, 3.63) is 35.4 Å². The molecule has 0 aliphatic rings. The number of carbonyl (C=O) groups excluding carboxylic acids is 2. The molecule has 0 aliphatic heterocycles. The monoisotopic (exact) mass is 348 g/mol. The summed E-state index contributed by atoms with van der Waals surface area (Å²) >= 11 is 1.44. The second-order valence-electron chi connectivity index (χ2n) is 5.01. The van der Waals surface area contributed by atoms with E-state index in [4.69, 9.17) is 0 Å². The number of amides is 2. The van der Waals surface area contributed by atoms with Gasteiger partial charge in [0.1, 0.15) is 12.6 Å². The van der Waals surface area contributed by atoms with E-state index in [9.17, 15) is 22.8 Å². The van der Waals surface area contributed by atoms with Crippen LogP contribution in [0.5, 0.6) is 0 Å². The van der Waals surface area contributed by atoms with Crippen LogP contribution < -0.4 is 10.6 Å². The fourth-order valence-electron chi connectivity index (χ4n) is 1.84. The van der Waals surface area contributed by atoms with Crippen molar-refractivity contribution in [3.8, 4) is 0 Å². The molecule has 1 aromatic rings. The van der Waals surface area contributed by atoms with E-state index in [1.807, 2.05) is 24.6 Å². The second-order valence-corrected chi connectivity index (χ2v) is 6.00. The number of halogens is 3. The second kappa shape index (κ2) is 8.81. The van der Waals surface area contributed by atoms with Crippen LogP contribution in [-0.2, 0) is 4.79 Å². The molecule has 0 saturated carbocycles. The Morgan fingerprint density at radius 3 is 2.57 bits per heavy atom. The number of benzene rings is 1. The lowest BCUT2D eigenvalue weighted by molar-refractivity contribution is -0.139. The summed E-state index contributed by atoms with van der Waals surface area (Å²) < 4.78 is 36.6. The van der Waals surface area contributed by atoms with Gasteiger partial charge in [-0.15, -0.1) is 0 Å². The Balaban J connectivity index is 2.73. The Morgan fingerprint density at radius 1 is 1.30 bits per heavy atom. The summed E-state index contributed by atoms with van der Waals surface area (Å²) in [5, 5.41) is 4.31. The number of aryl methyl sites for hydroxylation is 1. The molecule has 23 heavy (non-hydrogen) atoms. The molecule has 1 atom stereocenters. The van der Waals surface area contributed by atoms with E-state index in [-0.39, 0.29) is 6.42 Å². The van der Waals surface area contributed by atoms with E-state index in [0.717, 1.165) is 5.56 Å². The highest BCUT2D eigenvalue weighted by Crippen LogP contribution is 2.13. The first kappa shape index (κ1) is 19.3. The van der Waals surface area contributed by atoms with Crippen molar-refractivity contribution in [1.82, 2.24) is 10.6 Å². The summed E-state index contributed by atoms with van der Waals surface area (Å²) in [6.45, 7) is 0.403. The fourth-order valence-corrected chi connectivity index (χ4v) is 2.31. The molecule has 4 nitrogen and oxygen atoms in total. The van der Waals surface area contributed by atoms with E-state index in [2.05, 4.69) is 5.32 Å². The minimum atomic E-state index is -4.49. The molecular weight excluding hydrogens is 329 g/mol. The Bertz CT molecular complexity index is 550. The average molecular weight is 348 g/mol. The van der Waals surface area contributed by atoms with Crippen molar-refractivity contribution in [3.63, 3.8) is 0 Å². The third-order valence-electron chi connectivity index (χ3n) is 2.98. The number of hydrogen-bond acceptors (Lipinski definition) is 3. The first-order valence-electron chi connectivity index (χ1n) is 6.94. The lowest BCUT2D eigenvalue weighted by atomic mass is 10.1. The van der Waals surface area contributed by atoms with Crippen molar-refractivity contribution >= 4 is 23.6 Å². The molecule has 0 heterocycles. The smallest absolute Gasteiger partial charge is 0.345 e. The number of hydrogen-bond donors (Lipinski definition) is 2. The molecule has 0 saturated heterocycles. The number of rotatable bonds is 7. The molecule has 128 valence electrons. The minimum absolute atomic E-state index is 0.252. The van der Waals surface area contributed by atoms with Gasteiger partial charge in [-0.1, -0.05) is 17.7 Å². The molecule has 0 fully saturated rings. The van der Waals surface area contributed by atoms with E-state index in [1.54, 1.807) is 18.2 Å². The van der Waals surface area contributed by atoms with E-state index in [0.29, 0.717) is 11.3 Å². The zero-order valence-corrected chi connectivity index (χ0v) is 13.7. The van der Waals surface area contributed by atoms with Crippen molar-refractivity contribution < 1.29 is 22.8 Å². The summed E-state index contributed by atoms with van der Waals surface area (Å²) in [5.41, 5.74) is 1.24. The Kier molecular flexibility index (Phi) is 7.41. The van der Waals surface area contributed by atoms with Crippen LogP contribution in [0, 0.1) is 6.92 Å². The molecule has 1 unspecified atom stereocenters. The highest BCUT2D eigenvalue weighted by Gasteiger charge is 2.30. The van der Waals surface area contributed by atoms with Crippen LogP contribution in [0.2, 0.25) is 0 Å². The van der Waals surface area contributed by atoms with Gasteiger partial charge < -0.3 is 10.6 Å². The lowest BCUT2D eigenvalue weighted by Crippen LogP contribution is -2.49. The van der Waals surface area contributed by atoms with Gasteiger partial charge in [-0.3, -0.25) is 9.59 Å². The van der Waals surface area contributed by atoms with Gasteiger partial charge in [-0.25, -0.2) is 0 Å². The summed E-state index contributed by atoms with van der Waals surface area (Å²) in [6, 6.07) is 5.75. The lowest BCUT2D eigenvalue weighted by Gasteiger charge is -2.19. The summed E-state index contributed by atoms with van der Waals surface area (Å²) in [4.78, 5) is 24.1. The van der Waals surface area contributed by atoms with Gasteiger partial charge in [-0.2, -0.15) is 24.9 Å². The molecule has 2 N–H and O–H groups in total. The van der Waals surface area contributed by atoms with Crippen LogP contribution in [0.25, 0.3) is 0 Å². The predicted octanol–water partition coefficient (Wildman–Crippen LogP) is 2.53. The zero-order chi connectivity index (χ0) is 17.5. The molecular formula is C15H19F3N2O2S. The van der Waals surface area contributed by atoms with Crippen molar-refractivity contribution in [2.45, 2.75) is 25.6 Å². The molecule has 0 aromatic heterocycles. The predicted molar refractivity (Wildman–Crippen MR) is 84.5 cm³/mol. The molecule has 0 aliphatic carbocycles. The molecule has 0 radical (unpaired) electrons. The van der Waals surface area contributed by atoms with Gasteiger partial charge in [0.05, 0.1) is 0 Å². The summed E-state index contributed by atoms with van der Waals surface area (Å²) in [7, 11) is 0. The largest absolute Gasteiger partial charge is 0.405 e. The molecule has 1 rings (SSSR count). The van der Waals surface area contributed by atoms with E-state index >= 15 is 0 Å². The highest BCUT2D eigenvalue weighted by atomic mass is 32.2. The van der Waals surface area contributed by atoms with Crippen LogP contribution in [0.4, 0.5) is 13.2 Å². The van der Waals surface area contributed by atoms with Gasteiger partial charge in [0.25, 0.3) is 5.91 Å². The number of carbonyl (C=O) groups is 2. The normalized spacial score (nSPS) is 12.6. The highest BCUT2D eigenvalue weighted by molar-refractivity contribution is 7.98. The SMILES string of the molecule is CSCCC(NC(=O)c1cccc(C)c1)C(=O)NCC(F)(F)F. The van der Waals surface area contributed by atoms with Crippen LogP contribution >= 0.6 is 11.8 Å². The quantitative estimate of drug-likeness (QED) is 0.796. The maximum atomic E-state index is 12.2.